The van der Waals surface area contributed by atoms with Crippen molar-refractivity contribution in [3.05, 3.63) is 28.8 Å². The van der Waals surface area contributed by atoms with Crippen LogP contribution in [0.25, 0.3) is 0 Å². The Hall–Kier alpha value is -1.26. The SMILES string of the molecule is CCNC(=O)C(C)Oc1c(Cl)cccc1CO. The van der Waals surface area contributed by atoms with Gasteiger partial charge in [-0.15, -0.1) is 0 Å². The maximum absolute atomic E-state index is 11.5. The van der Waals surface area contributed by atoms with Crippen molar-refractivity contribution in [2.75, 3.05) is 6.54 Å². The van der Waals surface area contributed by atoms with Crippen LogP contribution in [0.4, 0.5) is 0 Å². The third-order valence-electron chi connectivity index (χ3n) is 2.23. The normalized spacial score (nSPS) is 12.0. The van der Waals surface area contributed by atoms with Gasteiger partial charge in [0.2, 0.25) is 0 Å². The molecule has 0 spiro atoms. The molecule has 1 atom stereocenters. The summed E-state index contributed by atoms with van der Waals surface area (Å²) in [5, 5.41) is 12.2. The largest absolute Gasteiger partial charge is 0.479 e. The summed E-state index contributed by atoms with van der Waals surface area (Å²) in [7, 11) is 0. The molecule has 1 amide bonds. The van der Waals surface area contributed by atoms with Crippen LogP contribution in [0.15, 0.2) is 18.2 Å². The second-order valence-electron chi connectivity index (χ2n) is 3.54. The van der Waals surface area contributed by atoms with Crippen LogP contribution in [0.2, 0.25) is 5.02 Å². The highest BCUT2D eigenvalue weighted by atomic mass is 35.5. The van der Waals surface area contributed by atoms with Crippen LogP contribution in [0, 0.1) is 0 Å². The molecule has 5 heteroatoms. The van der Waals surface area contributed by atoms with Crippen molar-refractivity contribution in [2.24, 2.45) is 0 Å². The van der Waals surface area contributed by atoms with Crippen molar-refractivity contribution < 1.29 is 14.6 Å². The molecule has 0 aromatic heterocycles. The van der Waals surface area contributed by atoms with E-state index in [4.69, 9.17) is 21.4 Å². The first-order valence-electron chi connectivity index (χ1n) is 5.42. The molecular formula is C12H16ClNO3. The first kappa shape index (κ1) is 13.8. The number of halogens is 1. The standard InChI is InChI=1S/C12H16ClNO3/c1-3-14-12(16)8(2)17-11-9(7-15)5-4-6-10(11)13/h4-6,8,15H,3,7H2,1-2H3,(H,14,16). The lowest BCUT2D eigenvalue weighted by atomic mass is 10.2. The summed E-state index contributed by atoms with van der Waals surface area (Å²) in [6, 6.07) is 5.07. The van der Waals surface area contributed by atoms with E-state index in [1.165, 1.54) is 0 Å². The quantitative estimate of drug-likeness (QED) is 0.845. The van der Waals surface area contributed by atoms with E-state index in [2.05, 4.69) is 5.32 Å². The molecule has 0 heterocycles. The molecule has 1 unspecified atom stereocenters. The fourth-order valence-corrected chi connectivity index (χ4v) is 1.60. The van der Waals surface area contributed by atoms with E-state index in [1.807, 2.05) is 6.92 Å². The first-order chi connectivity index (χ1) is 8.10. The van der Waals surface area contributed by atoms with Crippen LogP contribution in [0.5, 0.6) is 5.75 Å². The van der Waals surface area contributed by atoms with Gasteiger partial charge >= 0.3 is 0 Å². The summed E-state index contributed by atoms with van der Waals surface area (Å²) in [6.45, 7) is 3.83. The lowest BCUT2D eigenvalue weighted by Gasteiger charge is -2.17. The van der Waals surface area contributed by atoms with Crippen molar-refractivity contribution in [1.29, 1.82) is 0 Å². The maximum Gasteiger partial charge on any atom is 0.260 e. The molecule has 4 nitrogen and oxygen atoms in total. The second-order valence-corrected chi connectivity index (χ2v) is 3.95. The summed E-state index contributed by atoms with van der Waals surface area (Å²) in [5.74, 6) is 0.145. The molecule has 0 aliphatic heterocycles. The average molecular weight is 258 g/mol. The van der Waals surface area contributed by atoms with E-state index in [0.29, 0.717) is 22.9 Å². The third kappa shape index (κ3) is 3.61. The Balaban J connectivity index is 2.83. The lowest BCUT2D eigenvalue weighted by Crippen LogP contribution is -2.36. The number of benzene rings is 1. The predicted octanol–water partition coefficient (Wildman–Crippen LogP) is 1.74. The maximum atomic E-state index is 11.5. The second kappa shape index (κ2) is 6.47. The lowest BCUT2D eigenvalue weighted by molar-refractivity contribution is -0.127. The number of carbonyl (C=O) groups excluding carboxylic acids is 1. The Kier molecular flexibility index (Phi) is 5.25. The Bertz CT molecular complexity index is 395. The summed E-state index contributed by atoms with van der Waals surface area (Å²) in [6.07, 6.45) is -0.653. The topological polar surface area (TPSA) is 58.6 Å². The summed E-state index contributed by atoms with van der Waals surface area (Å²) in [4.78, 5) is 11.5. The zero-order valence-corrected chi connectivity index (χ0v) is 10.6. The van der Waals surface area contributed by atoms with Gasteiger partial charge in [-0.2, -0.15) is 0 Å². The van der Waals surface area contributed by atoms with Crippen LogP contribution in [-0.2, 0) is 11.4 Å². The van der Waals surface area contributed by atoms with Gasteiger partial charge in [-0.25, -0.2) is 0 Å². The minimum atomic E-state index is -0.653. The van der Waals surface area contributed by atoms with Gasteiger partial charge in [-0.05, 0) is 19.9 Å². The molecule has 0 bridgehead atoms. The number of aliphatic hydroxyl groups excluding tert-OH is 1. The van der Waals surface area contributed by atoms with E-state index in [9.17, 15) is 4.79 Å². The van der Waals surface area contributed by atoms with Crippen LogP contribution < -0.4 is 10.1 Å². The molecule has 0 radical (unpaired) electrons. The highest BCUT2D eigenvalue weighted by Gasteiger charge is 2.17. The molecule has 0 saturated carbocycles. The van der Waals surface area contributed by atoms with Crippen molar-refractivity contribution >= 4 is 17.5 Å². The summed E-state index contributed by atoms with van der Waals surface area (Å²) >= 11 is 5.97. The van der Waals surface area contributed by atoms with E-state index < -0.39 is 6.10 Å². The van der Waals surface area contributed by atoms with Gasteiger partial charge in [0.1, 0.15) is 5.75 Å². The van der Waals surface area contributed by atoms with E-state index in [1.54, 1.807) is 25.1 Å². The molecule has 0 aliphatic rings. The fourth-order valence-electron chi connectivity index (χ4n) is 1.36. The molecule has 0 aliphatic carbocycles. The van der Waals surface area contributed by atoms with E-state index >= 15 is 0 Å². The molecule has 94 valence electrons. The first-order valence-corrected chi connectivity index (χ1v) is 5.80. The molecule has 1 rings (SSSR count). The van der Waals surface area contributed by atoms with Crippen molar-refractivity contribution in [2.45, 2.75) is 26.6 Å². The number of ether oxygens (including phenoxy) is 1. The summed E-state index contributed by atoms with van der Waals surface area (Å²) < 4.78 is 5.48. The third-order valence-corrected chi connectivity index (χ3v) is 2.53. The van der Waals surface area contributed by atoms with Crippen molar-refractivity contribution in [3.63, 3.8) is 0 Å². The molecule has 17 heavy (non-hydrogen) atoms. The van der Waals surface area contributed by atoms with Crippen LogP contribution >= 0.6 is 11.6 Å². The molecule has 0 fully saturated rings. The summed E-state index contributed by atoms with van der Waals surface area (Å²) in [5.41, 5.74) is 0.564. The number of likely N-dealkylation sites (N-methyl/N-ethyl adjacent to an activating group) is 1. The van der Waals surface area contributed by atoms with Gasteiger partial charge in [0.15, 0.2) is 6.10 Å². The highest BCUT2D eigenvalue weighted by Crippen LogP contribution is 2.29. The zero-order chi connectivity index (χ0) is 12.8. The molecular weight excluding hydrogens is 242 g/mol. The molecule has 0 saturated heterocycles. The monoisotopic (exact) mass is 257 g/mol. The van der Waals surface area contributed by atoms with Gasteiger partial charge in [0.05, 0.1) is 11.6 Å². The number of amides is 1. The van der Waals surface area contributed by atoms with Crippen molar-refractivity contribution in [1.82, 2.24) is 5.32 Å². The van der Waals surface area contributed by atoms with Gasteiger partial charge < -0.3 is 15.2 Å². The number of para-hydroxylation sites is 1. The minimum Gasteiger partial charge on any atom is -0.479 e. The molecule has 2 N–H and O–H groups in total. The fraction of sp³-hybridized carbons (Fsp3) is 0.417. The number of rotatable bonds is 5. The van der Waals surface area contributed by atoms with Crippen LogP contribution in [0.1, 0.15) is 19.4 Å². The number of hydrogen-bond acceptors (Lipinski definition) is 3. The van der Waals surface area contributed by atoms with Crippen molar-refractivity contribution in [3.8, 4) is 5.75 Å². The van der Waals surface area contributed by atoms with Crippen LogP contribution in [-0.4, -0.2) is 23.7 Å². The molecule has 1 aromatic rings. The van der Waals surface area contributed by atoms with Crippen LogP contribution in [0.3, 0.4) is 0 Å². The zero-order valence-electron chi connectivity index (χ0n) is 9.87. The van der Waals surface area contributed by atoms with E-state index in [0.717, 1.165) is 0 Å². The Morgan fingerprint density at radius 3 is 2.88 bits per heavy atom. The van der Waals surface area contributed by atoms with Gasteiger partial charge in [-0.1, -0.05) is 23.7 Å². The van der Waals surface area contributed by atoms with Gasteiger partial charge in [0, 0.05) is 12.1 Å². The van der Waals surface area contributed by atoms with E-state index in [-0.39, 0.29) is 12.5 Å². The molecule has 1 aromatic carbocycles. The number of hydrogen-bond donors (Lipinski definition) is 2. The number of nitrogens with one attached hydrogen (secondary N) is 1. The number of aliphatic hydroxyl groups is 1. The predicted molar refractivity (Wildman–Crippen MR) is 66.1 cm³/mol. The minimum absolute atomic E-state index is 0.183. The van der Waals surface area contributed by atoms with Gasteiger partial charge in [-0.3, -0.25) is 4.79 Å². The highest BCUT2D eigenvalue weighted by molar-refractivity contribution is 6.32. The Labute approximate surface area is 106 Å². The van der Waals surface area contributed by atoms with Gasteiger partial charge in [0.25, 0.3) is 5.91 Å². The Morgan fingerprint density at radius 1 is 1.59 bits per heavy atom. The Morgan fingerprint density at radius 2 is 2.29 bits per heavy atom. The smallest absolute Gasteiger partial charge is 0.260 e. The number of carbonyl (C=O) groups is 1. The average Bonchev–Trinajstić information content (AvgIpc) is 2.31.